The Balaban J connectivity index is 2.05. The van der Waals surface area contributed by atoms with Crippen LogP contribution in [0.2, 0.25) is 0 Å². The highest BCUT2D eigenvalue weighted by Crippen LogP contribution is 2.29. The number of hydrogen-bond donors (Lipinski definition) is 1. The molecule has 3 aromatic rings. The summed E-state index contributed by atoms with van der Waals surface area (Å²) in [5.74, 6) is -0.672. The van der Waals surface area contributed by atoms with Crippen molar-refractivity contribution in [2.24, 2.45) is 0 Å². The number of nitro benzene ring substituents is 2. The van der Waals surface area contributed by atoms with Crippen LogP contribution in [0.1, 0.15) is 33.2 Å². The van der Waals surface area contributed by atoms with Gasteiger partial charge in [0.2, 0.25) is 0 Å². The first-order chi connectivity index (χ1) is 13.9. The van der Waals surface area contributed by atoms with E-state index in [1.165, 1.54) is 6.92 Å². The monoisotopic (exact) mass is 392 g/mol. The Hall–Kier alpha value is -4.14. The first-order valence-electron chi connectivity index (χ1n) is 8.58. The summed E-state index contributed by atoms with van der Waals surface area (Å²) < 4.78 is 0. The van der Waals surface area contributed by atoms with E-state index in [0.29, 0.717) is 5.69 Å². The molecule has 146 valence electrons. The molecule has 0 spiro atoms. The van der Waals surface area contributed by atoms with Crippen LogP contribution in [0.4, 0.5) is 11.4 Å². The zero-order valence-electron chi connectivity index (χ0n) is 15.3. The first kappa shape index (κ1) is 19.6. The number of nitrogens with one attached hydrogen (secondary N) is 1. The molecular weight excluding hydrogens is 376 g/mol. The van der Waals surface area contributed by atoms with Crippen molar-refractivity contribution < 1.29 is 14.6 Å². The molecule has 1 unspecified atom stereocenters. The lowest BCUT2D eigenvalue weighted by atomic mass is 10.0. The van der Waals surface area contributed by atoms with Gasteiger partial charge in [-0.15, -0.1) is 0 Å². The van der Waals surface area contributed by atoms with E-state index < -0.39 is 33.2 Å². The second kappa shape index (κ2) is 8.26. The Bertz CT molecular complexity index is 1030. The summed E-state index contributed by atoms with van der Waals surface area (Å²) in [7, 11) is 0. The van der Waals surface area contributed by atoms with Gasteiger partial charge in [0.05, 0.1) is 33.2 Å². The predicted molar refractivity (Wildman–Crippen MR) is 104 cm³/mol. The van der Waals surface area contributed by atoms with Gasteiger partial charge < -0.3 is 5.32 Å². The van der Waals surface area contributed by atoms with Crippen LogP contribution in [0.5, 0.6) is 0 Å². The van der Waals surface area contributed by atoms with Gasteiger partial charge in [-0.25, -0.2) is 0 Å². The van der Waals surface area contributed by atoms with Gasteiger partial charge in [-0.05, 0) is 24.6 Å². The Morgan fingerprint density at radius 3 is 2.28 bits per heavy atom. The fourth-order valence-electron chi connectivity index (χ4n) is 2.94. The molecule has 0 fully saturated rings. The SMILES string of the molecule is Cc1c(C(=O)NC(c2ccccc2)c2ccccn2)cc([N+](=O)[O-])cc1[N+](=O)[O-]. The number of rotatable bonds is 6. The molecule has 29 heavy (non-hydrogen) atoms. The van der Waals surface area contributed by atoms with Gasteiger partial charge in [-0.1, -0.05) is 36.4 Å². The molecule has 0 saturated carbocycles. The van der Waals surface area contributed by atoms with Crippen molar-refractivity contribution in [3.8, 4) is 0 Å². The number of hydrogen-bond acceptors (Lipinski definition) is 6. The van der Waals surface area contributed by atoms with Gasteiger partial charge in [-0.3, -0.25) is 30.0 Å². The molecule has 1 aromatic heterocycles. The van der Waals surface area contributed by atoms with E-state index in [-0.39, 0.29) is 11.1 Å². The Labute approximate surface area is 165 Å². The highest BCUT2D eigenvalue weighted by Gasteiger charge is 2.27. The lowest BCUT2D eigenvalue weighted by molar-refractivity contribution is -0.394. The number of non-ortho nitro benzene ring substituents is 1. The average molecular weight is 392 g/mol. The maximum absolute atomic E-state index is 13.0. The van der Waals surface area contributed by atoms with Crippen molar-refractivity contribution in [2.45, 2.75) is 13.0 Å². The lowest BCUT2D eigenvalue weighted by Crippen LogP contribution is -2.30. The Kier molecular flexibility index (Phi) is 5.59. The fourth-order valence-corrected chi connectivity index (χ4v) is 2.94. The van der Waals surface area contributed by atoms with Crippen molar-refractivity contribution in [3.63, 3.8) is 0 Å². The van der Waals surface area contributed by atoms with E-state index in [2.05, 4.69) is 10.3 Å². The largest absolute Gasteiger partial charge is 0.340 e. The van der Waals surface area contributed by atoms with Gasteiger partial charge in [0.15, 0.2) is 0 Å². The van der Waals surface area contributed by atoms with Crippen molar-refractivity contribution in [3.05, 3.63) is 109 Å². The van der Waals surface area contributed by atoms with E-state index >= 15 is 0 Å². The summed E-state index contributed by atoms with van der Waals surface area (Å²) in [5.41, 5.74) is 0.204. The molecule has 0 aliphatic rings. The summed E-state index contributed by atoms with van der Waals surface area (Å²) in [6.45, 7) is 1.38. The van der Waals surface area contributed by atoms with Crippen LogP contribution in [0.25, 0.3) is 0 Å². The van der Waals surface area contributed by atoms with Gasteiger partial charge in [-0.2, -0.15) is 0 Å². The van der Waals surface area contributed by atoms with Crippen LogP contribution in [0.15, 0.2) is 66.9 Å². The zero-order valence-corrected chi connectivity index (χ0v) is 15.3. The molecule has 0 aliphatic heterocycles. The first-order valence-corrected chi connectivity index (χ1v) is 8.58. The summed E-state index contributed by atoms with van der Waals surface area (Å²) in [4.78, 5) is 38.2. The number of carbonyl (C=O) groups is 1. The molecule has 0 aliphatic carbocycles. The number of amides is 1. The predicted octanol–water partition coefficient (Wildman–Crippen LogP) is 3.73. The maximum atomic E-state index is 13.0. The molecule has 1 N–H and O–H groups in total. The highest BCUT2D eigenvalue weighted by molar-refractivity contribution is 5.97. The van der Waals surface area contributed by atoms with Crippen LogP contribution < -0.4 is 5.32 Å². The molecule has 2 aromatic carbocycles. The minimum atomic E-state index is -0.767. The number of nitro groups is 2. The number of nitrogens with zero attached hydrogens (tertiary/aromatic N) is 3. The second-order valence-electron chi connectivity index (χ2n) is 6.22. The third-order valence-electron chi connectivity index (χ3n) is 4.41. The summed E-state index contributed by atoms with van der Waals surface area (Å²) in [5, 5.41) is 25.2. The van der Waals surface area contributed by atoms with Crippen LogP contribution in [0, 0.1) is 27.2 Å². The summed E-state index contributed by atoms with van der Waals surface area (Å²) >= 11 is 0. The van der Waals surface area contributed by atoms with Crippen LogP contribution in [0.3, 0.4) is 0 Å². The van der Waals surface area contributed by atoms with Crippen molar-refractivity contribution in [1.29, 1.82) is 0 Å². The summed E-state index contributed by atoms with van der Waals surface area (Å²) in [6.07, 6.45) is 1.58. The normalized spacial score (nSPS) is 11.5. The third-order valence-corrected chi connectivity index (χ3v) is 4.41. The Morgan fingerprint density at radius 2 is 1.69 bits per heavy atom. The molecule has 9 heteroatoms. The molecule has 9 nitrogen and oxygen atoms in total. The standard InChI is InChI=1S/C20H16N4O5/c1-13-16(11-15(23(26)27)12-18(13)24(28)29)20(25)22-19(14-7-3-2-4-8-14)17-9-5-6-10-21-17/h2-12,19H,1H3,(H,22,25). The maximum Gasteiger partial charge on any atom is 0.279 e. The number of carbonyl (C=O) groups excluding carboxylic acids is 1. The van der Waals surface area contributed by atoms with Crippen LogP contribution >= 0.6 is 0 Å². The molecule has 3 rings (SSSR count). The highest BCUT2D eigenvalue weighted by atomic mass is 16.6. The summed E-state index contributed by atoms with van der Waals surface area (Å²) in [6, 6.07) is 15.6. The van der Waals surface area contributed by atoms with Gasteiger partial charge >= 0.3 is 0 Å². The van der Waals surface area contributed by atoms with E-state index in [0.717, 1.165) is 17.7 Å². The van der Waals surface area contributed by atoms with Crippen molar-refractivity contribution in [2.75, 3.05) is 0 Å². The molecule has 0 radical (unpaired) electrons. The van der Waals surface area contributed by atoms with E-state index in [1.807, 2.05) is 18.2 Å². The van der Waals surface area contributed by atoms with Gasteiger partial charge in [0.1, 0.15) is 0 Å². The molecule has 0 bridgehead atoms. The lowest BCUT2D eigenvalue weighted by Gasteiger charge is -2.19. The minimum absolute atomic E-state index is 0.0472. The molecule has 1 atom stereocenters. The quantitative estimate of drug-likeness (QED) is 0.503. The zero-order chi connectivity index (χ0) is 21.0. The molecule has 0 saturated heterocycles. The number of benzene rings is 2. The smallest absolute Gasteiger partial charge is 0.279 e. The van der Waals surface area contributed by atoms with E-state index in [9.17, 15) is 25.0 Å². The Morgan fingerprint density at radius 1 is 1.00 bits per heavy atom. The number of aromatic nitrogens is 1. The van der Waals surface area contributed by atoms with Crippen molar-refractivity contribution in [1.82, 2.24) is 10.3 Å². The molecule has 1 amide bonds. The minimum Gasteiger partial charge on any atom is -0.340 e. The van der Waals surface area contributed by atoms with Gasteiger partial charge in [0, 0.05) is 17.8 Å². The molecule has 1 heterocycles. The van der Waals surface area contributed by atoms with Crippen LogP contribution in [-0.4, -0.2) is 20.7 Å². The van der Waals surface area contributed by atoms with Crippen LogP contribution in [-0.2, 0) is 0 Å². The van der Waals surface area contributed by atoms with Gasteiger partial charge in [0.25, 0.3) is 17.3 Å². The third kappa shape index (κ3) is 4.24. The van der Waals surface area contributed by atoms with E-state index in [4.69, 9.17) is 0 Å². The molecular formula is C20H16N4O5. The number of pyridine rings is 1. The van der Waals surface area contributed by atoms with Crippen molar-refractivity contribution >= 4 is 17.3 Å². The fraction of sp³-hybridized carbons (Fsp3) is 0.100. The topological polar surface area (TPSA) is 128 Å². The average Bonchev–Trinajstić information content (AvgIpc) is 2.72. The second-order valence-corrected chi connectivity index (χ2v) is 6.22. The van der Waals surface area contributed by atoms with E-state index in [1.54, 1.807) is 36.5 Å².